The van der Waals surface area contributed by atoms with Crippen molar-refractivity contribution in [1.29, 1.82) is 0 Å². The number of piperidine rings is 3. The highest BCUT2D eigenvalue weighted by molar-refractivity contribution is 9.10. The monoisotopic (exact) mass is 1330 g/mol. The molecule has 3 aliphatic heterocycles. The van der Waals surface area contributed by atoms with E-state index in [4.69, 9.17) is 36.6 Å². The highest BCUT2D eigenvalue weighted by atomic mass is 79.9. The molecule has 30 heteroatoms. The summed E-state index contributed by atoms with van der Waals surface area (Å²) in [6.45, 7) is 33.3. The number of imidazole rings is 3. The van der Waals surface area contributed by atoms with Gasteiger partial charge in [0, 0.05) is 98.3 Å². The zero-order valence-corrected chi connectivity index (χ0v) is 56.5. The molecule has 8 aromatic heterocycles. The van der Waals surface area contributed by atoms with Crippen molar-refractivity contribution < 1.29 is 33.4 Å². The average Bonchev–Trinajstić information content (AvgIpc) is 1.45. The standard InChI is InChI=1S/C24H34N8O3.C19H27BrN6O3.C19H26N8O/c1-7-31-12-15(10-26-31)17-13-32-21(28-17)19(16(11-27-32)20(25)33)29-18-8-9-30(14-24(18,5)6)22(34)35-23(2,3)4;1-18(2,3)29-17(28)25-7-6-12(19(4,5)10-25)23-14-11(15(21)27)8-22-26-9-13(20)24-16(14)26;1-4-26-9-12(7-22-26)14-10-27-18(24-14)16(13(8-23-27)17(20)28)25-15-5-6-21-11-19(15,2)3/h10-13,18,29H,7-9,14H2,1-6H3,(H2,25,33);8-9,12,23H,6-7,10H2,1-5H3,(H2,21,27);7-10,15,21,25H,4-6,11H2,1-3H3,(H2,20,28)/t18-;12-;15-/m111/s1. The van der Waals surface area contributed by atoms with Crippen LogP contribution in [0.15, 0.2) is 66.6 Å². The fourth-order valence-electron chi connectivity index (χ4n) is 11.6. The maximum atomic E-state index is 12.6. The van der Waals surface area contributed by atoms with Crippen molar-refractivity contribution >= 4 is 79.8 Å². The number of carbonyl (C=O) groups is 5. The molecule has 11 heterocycles. The average molecular weight is 1330 g/mol. The number of amides is 5. The van der Waals surface area contributed by atoms with Crippen molar-refractivity contribution in [2.24, 2.45) is 33.4 Å². The van der Waals surface area contributed by atoms with E-state index in [1.807, 2.05) is 83.3 Å². The topological polar surface area (TPSA) is 363 Å². The summed E-state index contributed by atoms with van der Waals surface area (Å²) in [4.78, 5) is 78.8. The van der Waals surface area contributed by atoms with Gasteiger partial charge in [0.1, 0.15) is 15.8 Å². The van der Waals surface area contributed by atoms with Crippen LogP contribution in [0, 0.1) is 16.2 Å². The Hall–Kier alpha value is -8.93. The van der Waals surface area contributed by atoms with Gasteiger partial charge in [0.25, 0.3) is 17.7 Å². The molecular weight excluding hydrogens is 1240 g/mol. The third kappa shape index (κ3) is 15.3. The second-order valence-electron chi connectivity index (χ2n) is 27.6. The van der Waals surface area contributed by atoms with E-state index in [2.05, 4.69) is 109 Å². The zero-order chi connectivity index (χ0) is 67.0. The van der Waals surface area contributed by atoms with E-state index in [-0.39, 0.29) is 57.7 Å². The summed E-state index contributed by atoms with van der Waals surface area (Å²) < 4.78 is 20.3. The van der Waals surface area contributed by atoms with Gasteiger partial charge in [0.15, 0.2) is 16.9 Å². The highest BCUT2D eigenvalue weighted by Gasteiger charge is 2.42. The number of carbonyl (C=O) groups excluding carboxylic acids is 5. The third-order valence-electron chi connectivity index (χ3n) is 16.6. The SMILES string of the molecule is CC(C)(C)OC(=O)N1CC[C@@H](Nc2c(C(N)=O)cnn3cc(Br)nc23)C(C)(C)C1.CCn1cc(-c2cn3ncc(C(N)=O)c(N[C@@H]4CCN(C(=O)OC(C)(C)C)CC4(C)C)c3n2)cn1.CCn1cc(-c2cn3ncc(C(N)=O)c(N[C@@H]4CCNCC4(C)C)c3n2)cn1. The summed E-state index contributed by atoms with van der Waals surface area (Å²) in [5.74, 6) is -1.69. The third-order valence-corrected chi connectivity index (χ3v) is 17.0. The number of aromatic nitrogens is 13. The van der Waals surface area contributed by atoms with Crippen molar-refractivity contribution in [3.63, 3.8) is 0 Å². The summed E-state index contributed by atoms with van der Waals surface area (Å²) in [5.41, 5.74) is 22.7. The van der Waals surface area contributed by atoms with E-state index in [1.165, 1.54) is 18.6 Å². The normalized spacial score (nSPS) is 18.7. The summed E-state index contributed by atoms with van der Waals surface area (Å²) in [5, 5.41) is 35.5. The Morgan fingerprint density at radius 1 is 0.543 bits per heavy atom. The van der Waals surface area contributed by atoms with Crippen LogP contribution >= 0.6 is 15.9 Å². The van der Waals surface area contributed by atoms with Gasteiger partial charge in [0.05, 0.1) is 94.7 Å². The van der Waals surface area contributed by atoms with Crippen molar-refractivity contribution in [2.45, 2.75) is 159 Å². The molecule has 0 unspecified atom stereocenters. The first kappa shape index (κ1) is 67.5. The minimum absolute atomic E-state index is 0.0130. The van der Waals surface area contributed by atoms with E-state index in [1.54, 1.807) is 48.1 Å². The second kappa shape index (κ2) is 26.4. The number of nitrogens with zero attached hydrogens (tertiary/aromatic N) is 15. The molecule has 0 radical (unpaired) electrons. The number of hydrogen-bond donors (Lipinski definition) is 7. The van der Waals surface area contributed by atoms with Gasteiger partial charge in [-0.25, -0.2) is 38.1 Å². The molecule has 494 valence electrons. The lowest BCUT2D eigenvalue weighted by atomic mass is 9.79. The number of nitrogens with one attached hydrogen (secondary N) is 4. The lowest BCUT2D eigenvalue weighted by molar-refractivity contribution is 0.00617. The Balaban J connectivity index is 0.000000164. The number of nitrogens with two attached hydrogens (primary N) is 3. The van der Waals surface area contributed by atoms with E-state index in [0.717, 1.165) is 49.4 Å². The number of likely N-dealkylation sites (tertiary alicyclic amines) is 2. The number of anilines is 3. The number of primary amides is 3. The van der Waals surface area contributed by atoms with Gasteiger partial charge in [0.2, 0.25) is 0 Å². The van der Waals surface area contributed by atoms with Crippen molar-refractivity contribution in [1.82, 2.24) is 78.5 Å². The molecule has 92 heavy (non-hydrogen) atoms. The number of hydrogen-bond acceptors (Lipinski definition) is 19. The minimum atomic E-state index is -0.588. The summed E-state index contributed by atoms with van der Waals surface area (Å²) in [6.07, 6.45) is 18.8. The molecule has 3 saturated heterocycles. The van der Waals surface area contributed by atoms with Gasteiger partial charge in [-0.05, 0) is 103 Å². The van der Waals surface area contributed by atoms with Crippen LogP contribution in [0.2, 0.25) is 0 Å². The van der Waals surface area contributed by atoms with Crippen LogP contribution in [0.5, 0.6) is 0 Å². The number of rotatable bonds is 13. The summed E-state index contributed by atoms with van der Waals surface area (Å²) in [7, 11) is 0. The van der Waals surface area contributed by atoms with E-state index >= 15 is 0 Å². The Kier molecular flexibility index (Phi) is 19.3. The molecule has 29 nitrogen and oxygen atoms in total. The first-order valence-electron chi connectivity index (χ1n) is 30.9. The van der Waals surface area contributed by atoms with Crippen molar-refractivity contribution in [3.8, 4) is 22.5 Å². The van der Waals surface area contributed by atoms with E-state index in [9.17, 15) is 24.0 Å². The smallest absolute Gasteiger partial charge is 0.410 e. The van der Waals surface area contributed by atoms with Gasteiger partial charge in [-0.2, -0.15) is 25.5 Å². The van der Waals surface area contributed by atoms with Gasteiger partial charge in [-0.15, -0.1) is 0 Å². The lowest BCUT2D eigenvalue weighted by Gasteiger charge is -2.45. The van der Waals surface area contributed by atoms with Gasteiger partial charge in [-0.1, -0.05) is 41.5 Å². The molecular formula is C62H87BrN22O7. The Morgan fingerprint density at radius 3 is 1.25 bits per heavy atom. The first-order chi connectivity index (χ1) is 43.1. The number of aryl methyl sites for hydroxylation is 2. The molecule has 3 fully saturated rings. The Morgan fingerprint density at radius 2 is 0.913 bits per heavy atom. The number of halogens is 1. The number of ether oxygens (including phenoxy) is 2. The van der Waals surface area contributed by atoms with Crippen molar-refractivity contribution in [3.05, 3.63) is 83.3 Å². The largest absolute Gasteiger partial charge is 0.444 e. The van der Waals surface area contributed by atoms with E-state index in [0.29, 0.717) is 88.9 Å². The molecule has 10 N–H and O–H groups in total. The Bertz CT molecular complexity index is 4030. The van der Waals surface area contributed by atoms with Crippen LogP contribution in [0.3, 0.4) is 0 Å². The van der Waals surface area contributed by atoms with Crippen LogP contribution in [0.25, 0.3) is 39.5 Å². The molecule has 0 aromatic carbocycles. The quantitative estimate of drug-likeness (QED) is 0.0581. The fraction of sp³-hybridized carbons (Fsp3) is 0.532. The maximum Gasteiger partial charge on any atom is 0.410 e. The highest BCUT2D eigenvalue weighted by Crippen LogP contribution is 2.38. The van der Waals surface area contributed by atoms with E-state index < -0.39 is 28.9 Å². The van der Waals surface area contributed by atoms with Crippen LogP contribution in [0.4, 0.5) is 26.7 Å². The number of fused-ring (bicyclic) bond motifs is 3. The molecule has 0 spiro atoms. The maximum absolute atomic E-state index is 12.6. The van der Waals surface area contributed by atoms with Crippen LogP contribution in [-0.4, -0.2) is 172 Å². The van der Waals surface area contributed by atoms with Crippen LogP contribution in [0.1, 0.15) is 147 Å². The van der Waals surface area contributed by atoms with Crippen LogP contribution in [-0.2, 0) is 22.6 Å². The van der Waals surface area contributed by atoms with Crippen LogP contribution < -0.4 is 38.5 Å². The molecule has 5 amide bonds. The summed E-state index contributed by atoms with van der Waals surface area (Å²) >= 11 is 3.34. The molecule has 0 aliphatic carbocycles. The molecule has 0 bridgehead atoms. The van der Waals surface area contributed by atoms with Gasteiger partial charge in [-0.3, -0.25) is 23.7 Å². The minimum Gasteiger partial charge on any atom is -0.444 e. The predicted molar refractivity (Wildman–Crippen MR) is 352 cm³/mol. The predicted octanol–water partition coefficient (Wildman–Crippen LogP) is 7.71. The first-order valence-corrected chi connectivity index (χ1v) is 31.6. The molecule has 3 aliphatic rings. The molecule has 0 saturated carbocycles. The van der Waals surface area contributed by atoms with Crippen molar-refractivity contribution in [2.75, 3.05) is 55.2 Å². The van der Waals surface area contributed by atoms with Gasteiger partial charge >= 0.3 is 12.2 Å². The Labute approximate surface area is 542 Å². The lowest BCUT2D eigenvalue weighted by Crippen LogP contribution is -2.54. The summed E-state index contributed by atoms with van der Waals surface area (Å²) in [6, 6.07) is 0.121. The molecule has 11 rings (SSSR count). The zero-order valence-electron chi connectivity index (χ0n) is 55.0. The molecule has 8 aromatic rings. The molecule has 3 atom stereocenters. The fourth-order valence-corrected chi connectivity index (χ4v) is 11.9. The van der Waals surface area contributed by atoms with Gasteiger partial charge < -0.3 is 57.7 Å². The second-order valence-corrected chi connectivity index (χ2v) is 28.4.